The minimum Gasteiger partial charge on any atom is -0.399 e. The Kier molecular flexibility index (Phi) is 5.17. The van der Waals surface area contributed by atoms with Crippen molar-refractivity contribution in [2.24, 2.45) is 0 Å². The third-order valence-electron chi connectivity index (χ3n) is 3.12. The summed E-state index contributed by atoms with van der Waals surface area (Å²) in [5.41, 5.74) is 7.62. The van der Waals surface area contributed by atoms with E-state index >= 15 is 0 Å². The number of aryl methyl sites for hydroxylation is 2. The van der Waals surface area contributed by atoms with Crippen molar-refractivity contribution in [1.29, 1.82) is 0 Å². The minimum absolute atomic E-state index is 0.0636. The molecule has 0 aliphatic carbocycles. The number of hydrogen-bond donors (Lipinski definition) is 2. The van der Waals surface area contributed by atoms with Crippen molar-refractivity contribution in [2.75, 3.05) is 12.3 Å². The highest BCUT2D eigenvalue weighted by atomic mass is 16.1. The Morgan fingerprint density at radius 2 is 2.15 bits per heavy atom. The first-order chi connectivity index (χ1) is 9.75. The molecule has 0 radical (unpaired) electrons. The summed E-state index contributed by atoms with van der Waals surface area (Å²) in [7, 11) is 0. The number of amides is 1. The highest BCUT2D eigenvalue weighted by Gasteiger charge is 2.03. The fourth-order valence-corrected chi connectivity index (χ4v) is 2.00. The molecule has 1 amide bonds. The number of carbonyl (C=O) groups excluding carboxylic acids is 1. The number of nitrogens with two attached hydrogens (primary N) is 1. The van der Waals surface area contributed by atoms with E-state index in [0.717, 1.165) is 24.2 Å². The number of hydrogen-bond acceptors (Lipinski definition) is 3. The molecule has 0 fully saturated rings. The quantitative estimate of drug-likeness (QED) is 0.594. The van der Waals surface area contributed by atoms with Crippen LogP contribution in [0.1, 0.15) is 18.4 Å². The van der Waals surface area contributed by atoms with Gasteiger partial charge in [-0.15, -0.1) is 0 Å². The van der Waals surface area contributed by atoms with Crippen LogP contribution in [0, 0.1) is 0 Å². The number of rotatable bonds is 7. The number of nitrogen functional groups attached to an aromatic ring is 1. The zero-order chi connectivity index (χ0) is 14.2. The van der Waals surface area contributed by atoms with Gasteiger partial charge in [0.15, 0.2) is 0 Å². The second-order valence-corrected chi connectivity index (χ2v) is 4.67. The molecule has 2 rings (SSSR count). The normalized spacial score (nSPS) is 10.4. The van der Waals surface area contributed by atoms with E-state index in [1.807, 2.05) is 41.2 Å². The molecule has 0 atom stereocenters. The Morgan fingerprint density at radius 1 is 1.30 bits per heavy atom. The van der Waals surface area contributed by atoms with Gasteiger partial charge in [0, 0.05) is 37.6 Å². The number of nitrogens with zero attached hydrogens (tertiary/aromatic N) is 2. The summed E-state index contributed by atoms with van der Waals surface area (Å²) < 4.78 is 1.86. The number of para-hydroxylation sites is 1. The van der Waals surface area contributed by atoms with Crippen LogP contribution < -0.4 is 11.1 Å². The molecule has 20 heavy (non-hydrogen) atoms. The van der Waals surface area contributed by atoms with Crippen molar-refractivity contribution in [3.63, 3.8) is 0 Å². The molecule has 0 saturated carbocycles. The van der Waals surface area contributed by atoms with Crippen LogP contribution in [0.15, 0.2) is 42.7 Å². The van der Waals surface area contributed by atoms with Crippen molar-refractivity contribution < 1.29 is 4.79 Å². The highest BCUT2D eigenvalue weighted by Crippen LogP contribution is 2.12. The molecule has 0 aliphatic rings. The van der Waals surface area contributed by atoms with Crippen molar-refractivity contribution in [3.05, 3.63) is 48.3 Å². The van der Waals surface area contributed by atoms with E-state index in [0.29, 0.717) is 19.4 Å². The van der Waals surface area contributed by atoms with E-state index in [-0.39, 0.29) is 5.91 Å². The maximum Gasteiger partial charge on any atom is 0.220 e. The molecule has 2 aromatic rings. The maximum absolute atomic E-state index is 11.7. The molecular formula is C15H20N4O. The molecule has 1 aromatic carbocycles. The van der Waals surface area contributed by atoms with Gasteiger partial charge in [-0.2, -0.15) is 5.10 Å². The van der Waals surface area contributed by atoms with E-state index in [1.165, 1.54) is 0 Å². The minimum atomic E-state index is 0.0636. The molecule has 0 saturated heterocycles. The second kappa shape index (κ2) is 7.33. The van der Waals surface area contributed by atoms with Gasteiger partial charge in [-0.3, -0.25) is 9.48 Å². The number of aromatic nitrogens is 2. The number of benzene rings is 1. The first-order valence-electron chi connectivity index (χ1n) is 6.83. The van der Waals surface area contributed by atoms with Gasteiger partial charge in [-0.05, 0) is 30.5 Å². The van der Waals surface area contributed by atoms with Crippen LogP contribution in [0.25, 0.3) is 0 Å². The third kappa shape index (κ3) is 4.42. The van der Waals surface area contributed by atoms with Gasteiger partial charge in [0.1, 0.15) is 0 Å². The monoisotopic (exact) mass is 272 g/mol. The van der Waals surface area contributed by atoms with E-state index in [1.54, 1.807) is 6.20 Å². The van der Waals surface area contributed by atoms with Crippen LogP contribution >= 0.6 is 0 Å². The van der Waals surface area contributed by atoms with Crippen LogP contribution in [-0.2, 0) is 17.8 Å². The fraction of sp³-hybridized carbons (Fsp3) is 0.333. The molecule has 106 valence electrons. The Morgan fingerprint density at radius 3 is 2.90 bits per heavy atom. The highest BCUT2D eigenvalue weighted by molar-refractivity contribution is 5.76. The molecule has 0 spiro atoms. The first-order valence-corrected chi connectivity index (χ1v) is 6.83. The third-order valence-corrected chi connectivity index (χ3v) is 3.12. The van der Waals surface area contributed by atoms with Gasteiger partial charge < -0.3 is 11.1 Å². The maximum atomic E-state index is 11.7. The van der Waals surface area contributed by atoms with Gasteiger partial charge in [0.05, 0.1) is 0 Å². The average Bonchev–Trinajstić information content (AvgIpc) is 2.96. The van der Waals surface area contributed by atoms with Crippen LogP contribution in [0.3, 0.4) is 0 Å². The van der Waals surface area contributed by atoms with Crippen molar-refractivity contribution in [1.82, 2.24) is 15.1 Å². The van der Waals surface area contributed by atoms with E-state index < -0.39 is 0 Å². The lowest BCUT2D eigenvalue weighted by atomic mass is 10.1. The molecule has 1 heterocycles. The smallest absolute Gasteiger partial charge is 0.220 e. The van der Waals surface area contributed by atoms with Crippen LogP contribution in [-0.4, -0.2) is 22.2 Å². The molecule has 5 nitrogen and oxygen atoms in total. The summed E-state index contributed by atoms with van der Waals surface area (Å²) in [5.74, 6) is 0.0636. The lowest BCUT2D eigenvalue weighted by Gasteiger charge is -2.07. The van der Waals surface area contributed by atoms with Crippen molar-refractivity contribution in [2.45, 2.75) is 25.8 Å². The largest absolute Gasteiger partial charge is 0.399 e. The first kappa shape index (κ1) is 14.1. The zero-order valence-corrected chi connectivity index (χ0v) is 11.5. The van der Waals surface area contributed by atoms with Gasteiger partial charge in [0.25, 0.3) is 0 Å². The number of nitrogens with one attached hydrogen (secondary N) is 1. The molecule has 0 unspecified atom stereocenters. The summed E-state index contributed by atoms with van der Waals surface area (Å²) in [6.07, 6.45) is 5.69. The predicted octanol–water partition coefficient (Wildman–Crippen LogP) is 1.60. The van der Waals surface area contributed by atoms with E-state index in [2.05, 4.69) is 10.4 Å². The Bertz CT molecular complexity index is 537. The Labute approximate surface area is 118 Å². The number of carbonyl (C=O) groups is 1. The molecule has 0 bridgehead atoms. The molecule has 0 aliphatic heterocycles. The Hall–Kier alpha value is -2.30. The summed E-state index contributed by atoms with van der Waals surface area (Å²) in [6.45, 7) is 1.49. The molecule has 1 aromatic heterocycles. The lowest BCUT2D eigenvalue weighted by molar-refractivity contribution is -0.121. The summed E-state index contributed by atoms with van der Waals surface area (Å²) in [4.78, 5) is 11.7. The van der Waals surface area contributed by atoms with Crippen LogP contribution in [0.5, 0.6) is 0 Å². The van der Waals surface area contributed by atoms with Crippen molar-refractivity contribution in [3.8, 4) is 0 Å². The van der Waals surface area contributed by atoms with Gasteiger partial charge in [-0.25, -0.2) is 0 Å². The second-order valence-electron chi connectivity index (χ2n) is 4.67. The van der Waals surface area contributed by atoms with Crippen molar-refractivity contribution >= 4 is 11.6 Å². The molecule has 3 N–H and O–H groups in total. The molecule has 5 heteroatoms. The SMILES string of the molecule is Nc1ccccc1CCC(=O)NCCCn1cccn1. The summed E-state index contributed by atoms with van der Waals surface area (Å²) in [5, 5.41) is 7.02. The topological polar surface area (TPSA) is 72.9 Å². The summed E-state index contributed by atoms with van der Waals surface area (Å²) >= 11 is 0. The lowest BCUT2D eigenvalue weighted by Crippen LogP contribution is -2.25. The van der Waals surface area contributed by atoms with Crippen LogP contribution in [0.4, 0.5) is 5.69 Å². The van der Waals surface area contributed by atoms with E-state index in [9.17, 15) is 4.79 Å². The predicted molar refractivity (Wildman–Crippen MR) is 79.0 cm³/mol. The fourth-order valence-electron chi connectivity index (χ4n) is 2.00. The molecular weight excluding hydrogens is 252 g/mol. The van der Waals surface area contributed by atoms with Gasteiger partial charge in [0.2, 0.25) is 5.91 Å². The van der Waals surface area contributed by atoms with Gasteiger partial charge >= 0.3 is 0 Å². The standard InChI is InChI=1S/C15H20N4O/c16-14-6-2-1-5-13(14)7-8-15(20)17-9-3-11-19-12-4-10-18-19/h1-2,4-6,10,12H,3,7-9,11,16H2,(H,17,20). The average molecular weight is 272 g/mol. The van der Waals surface area contributed by atoms with Gasteiger partial charge in [-0.1, -0.05) is 18.2 Å². The summed E-state index contributed by atoms with van der Waals surface area (Å²) in [6, 6.07) is 9.54. The zero-order valence-electron chi connectivity index (χ0n) is 11.5. The number of anilines is 1. The van der Waals surface area contributed by atoms with E-state index in [4.69, 9.17) is 5.73 Å². The van der Waals surface area contributed by atoms with Crippen LogP contribution in [0.2, 0.25) is 0 Å². The Balaban J connectivity index is 1.62.